The van der Waals surface area contributed by atoms with Crippen molar-refractivity contribution in [3.05, 3.63) is 236 Å². The van der Waals surface area contributed by atoms with Gasteiger partial charge in [0.1, 0.15) is 23.1 Å². The van der Waals surface area contributed by atoms with Gasteiger partial charge in [0.25, 0.3) is 0 Å². The predicted molar refractivity (Wildman–Crippen MR) is 286 cm³/mol. The summed E-state index contributed by atoms with van der Waals surface area (Å²) in [7, 11) is 1.68. The van der Waals surface area contributed by atoms with Crippen LogP contribution in [0.4, 0.5) is 17.1 Å². The van der Waals surface area contributed by atoms with Crippen LogP contribution in [0.1, 0.15) is 10.4 Å². The topological polar surface area (TPSA) is 60.2 Å². The molecule has 0 saturated heterocycles. The Hall–Kier alpha value is -8.91. The Morgan fingerprint density at radius 1 is 0.449 bits per heavy atom. The lowest BCUT2D eigenvalue weighted by Crippen LogP contribution is -2.10. The second-order valence-corrected chi connectivity index (χ2v) is 17.6. The summed E-state index contributed by atoms with van der Waals surface area (Å²) < 4.78 is 17.7. The third-order valence-corrected chi connectivity index (χ3v) is 13.6. The van der Waals surface area contributed by atoms with Crippen LogP contribution in [0.3, 0.4) is 0 Å². The molecule has 69 heavy (non-hydrogen) atoms. The van der Waals surface area contributed by atoms with Gasteiger partial charge in [0.15, 0.2) is 0 Å². The highest BCUT2D eigenvalue weighted by Gasteiger charge is 2.21. The summed E-state index contributed by atoms with van der Waals surface area (Å²) in [5, 5.41) is 2.42. The molecule has 0 spiro atoms. The van der Waals surface area contributed by atoms with Crippen LogP contribution in [0.2, 0.25) is 0 Å². The first-order valence-corrected chi connectivity index (χ1v) is 23.6. The van der Waals surface area contributed by atoms with Crippen LogP contribution in [0.15, 0.2) is 231 Å². The van der Waals surface area contributed by atoms with E-state index in [1.807, 2.05) is 36.4 Å². The molecular formula is C62H42N4O2S. The molecule has 2 heterocycles. The molecule has 12 rings (SSSR count). The maximum absolute atomic E-state index is 11.4. The molecule has 0 amide bonds. The molecule has 0 atom stereocenters. The fourth-order valence-corrected chi connectivity index (χ4v) is 10.1. The number of fused-ring (bicyclic) bond motifs is 4. The van der Waals surface area contributed by atoms with Gasteiger partial charge in [0, 0.05) is 39.0 Å². The molecule has 0 bridgehead atoms. The van der Waals surface area contributed by atoms with Crippen LogP contribution in [-0.2, 0) is 0 Å². The molecule has 328 valence electrons. The van der Waals surface area contributed by atoms with Crippen molar-refractivity contribution in [3.63, 3.8) is 0 Å². The van der Waals surface area contributed by atoms with Crippen molar-refractivity contribution < 1.29 is 9.53 Å². The highest BCUT2D eigenvalue weighted by Crippen LogP contribution is 2.43. The van der Waals surface area contributed by atoms with E-state index in [1.165, 1.54) is 44.8 Å². The first-order chi connectivity index (χ1) is 34.1. The number of ether oxygens (including phenoxy) is 1. The average molecular weight is 907 g/mol. The van der Waals surface area contributed by atoms with Gasteiger partial charge >= 0.3 is 0 Å². The largest absolute Gasteiger partial charge is 0.497 e. The monoisotopic (exact) mass is 906 g/mol. The van der Waals surface area contributed by atoms with Gasteiger partial charge in [-0.25, -0.2) is 0 Å². The van der Waals surface area contributed by atoms with Crippen molar-refractivity contribution in [2.75, 3.05) is 12.0 Å². The molecule has 2 aromatic heterocycles. The molecule has 0 aliphatic carbocycles. The maximum atomic E-state index is 11.4. The predicted octanol–water partition coefficient (Wildman–Crippen LogP) is 16.4. The first-order valence-electron chi connectivity index (χ1n) is 22.9. The molecule has 7 heteroatoms. The summed E-state index contributed by atoms with van der Waals surface area (Å²) in [6.45, 7) is 0. The minimum absolute atomic E-state index is 0.652. The summed E-state index contributed by atoms with van der Waals surface area (Å²) >= 11 is 1.23. The van der Waals surface area contributed by atoms with Crippen molar-refractivity contribution in [2.24, 2.45) is 0 Å². The Labute approximate surface area is 403 Å². The van der Waals surface area contributed by atoms with Crippen molar-refractivity contribution in [1.82, 2.24) is 13.3 Å². The highest BCUT2D eigenvalue weighted by molar-refractivity contribution is 7.00. The normalized spacial score (nSPS) is 11.3. The molecule has 0 radical (unpaired) electrons. The van der Waals surface area contributed by atoms with Gasteiger partial charge in [-0.15, -0.1) is 0 Å². The SMILES string of the molecule is COc1ccc(-c2ccc(N(c3ccc(-c4ccc(C=O)cc4)cc3)c3ccc(-c4ccc(-n5c6ccc(-c7ccccc7)cc6c6cc(-c7ccccc7)ccc65)cc4)c4nsnc34)cc2)cc1. The first kappa shape index (κ1) is 41.5. The minimum Gasteiger partial charge on any atom is -0.497 e. The van der Waals surface area contributed by atoms with Crippen LogP contribution in [0, 0.1) is 0 Å². The fraction of sp³-hybridized carbons (Fsp3) is 0.0161. The number of hydrogen-bond donors (Lipinski definition) is 0. The van der Waals surface area contributed by atoms with Crippen LogP contribution in [-0.4, -0.2) is 26.7 Å². The summed E-state index contributed by atoms with van der Waals surface area (Å²) in [6, 6.07) is 80.9. The molecule has 10 aromatic carbocycles. The lowest BCUT2D eigenvalue weighted by atomic mass is 10.0. The fourth-order valence-electron chi connectivity index (χ4n) is 9.55. The van der Waals surface area contributed by atoms with E-state index < -0.39 is 0 Å². The minimum atomic E-state index is 0.652. The second kappa shape index (κ2) is 17.7. The van der Waals surface area contributed by atoms with Gasteiger partial charge in [-0.2, -0.15) is 8.75 Å². The lowest BCUT2D eigenvalue weighted by Gasteiger charge is -2.26. The van der Waals surface area contributed by atoms with Crippen molar-refractivity contribution in [3.8, 4) is 67.1 Å². The van der Waals surface area contributed by atoms with Crippen LogP contribution in [0.5, 0.6) is 5.75 Å². The Morgan fingerprint density at radius 3 is 1.41 bits per heavy atom. The number of rotatable bonds is 11. The summed E-state index contributed by atoms with van der Waals surface area (Å²) in [5.41, 5.74) is 19.7. The summed E-state index contributed by atoms with van der Waals surface area (Å²) in [6.07, 6.45) is 0.870. The Kier molecular flexibility index (Phi) is 10.7. The number of nitrogens with zero attached hydrogens (tertiary/aromatic N) is 4. The van der Waals surface area contributed by atoms with Gasteiger partial charge in [0.2, 0.25) is 0 Å². The Balaban J connectivity index is 0.931. The quantitative estimate of drug-likeness (QED) is 0.121. The van der Waals surface area contributed by atoms with Gasteiger partial charge < -0.3 is 14.2 Å². The van der Waals surface area contributed by atoms with Crippen LogP contribution < -0.4 is 9.64 Å². The van der Waals surface area contributed by atoms with Gasteiger partial charge in [-0.3, -0.25) is 4.79 Å². The number of aromatic nitrogens is 3. The van der Waals surface area contributed by atoms with E-state index in [0.717, 1.165) is 90.2 Å². The number of hydrogen-bond acceptors (Lipinski definition) is 6. The lowest BCUT2D eigenvalue weighted by molar-refractivity contribution is 0.112. The van der Waals surface area contributed by atoms with E-state index in [1.54, 1.807) is 7.11 Å². The van der Waals surface area contributed by atoms with E-state index >= 15 is 0 Å². The Morgan fingerprint density at radius 2 is 0.899 bits per heavy atom. The zero-order chi connectivity index (χ0) is 46.3. The molecule has 0 aliphatic heterocycles. The number of methoxy groups -OCH3 is 1. The van der Waals surface area contributed by atoms with Crippen molar-refractivity contribution in [1.29, 1.82) is 0 Å². The molecule has 6 nitrogen and oxygen atoms in total. The van der Waals surface area contributed by atoms with Gasteiger partial charge in [-0.05, 0) is 135 Å². The summed E-state index contributed by atoms with van der Waals surface area (Å²) in [5.74, 6) is 0.823. The third kappa shape index (κ3) is 7.71. The van der Waals surface area contributed by atoms with E-state index in [-0.39, 0.29) is 0 Å². The molecule has 0 N–H and O–H groups in total. The molecular weight excluding hydrogens is 865 g/mol. The zero-order valence-corrected chi connectivity index (χ0v) is 38.3. The molecule has 12 aromatic rings. The molecule has 0 saturated carbocycles. The smallest absolute Gasteiger partial charge is 0.150 e. The van der Waals surface area contributed by atoms with E-state index in [2.05, 4.69) is 204 Å². The molecule has 0 unspecified atom stereocenters. The maximum Gasteiger partial charge on any atom is 0.150 e. The summed E-state index contributed by atoms with van der Waals surface area (Å²) in [4.78, 5) is 13.6. The Bertz CT molecular complexity index is 3700. The standard InChI is InChI=1S/C62H42N4O2S/c1-68-54-32-22-47(23-33-54)46-18-28-52(29-19-46)65(51-26-16-45(17-27-51)44-14-12-41(40-67)13-15-44)60-37-34-55(61-62(60)64-69-63-61)48-20-30-53(31-21-48)66-58-35-24-49(42-8-4-2-5-9-42)38-56(58)57-39-50(25-36-59(57)66)43-10-6-3-7-11-43/h2-40H,1H3. The van der Waals surface area contributed by atoms with E-state index in [0.29, 0.717) is 5.56 Å². The number of aldehydes is 1. The highest BCUT2D eigenvalue weighted by atomic mass is 32.1. The zero-order valence-electron chi connectivity index (χ0n) is 37.5. The van der Waals surface area contributed by atoms with E-state index in [9.17, 15) is 4.79 Å². The number of carbonyl (C=O) groups excluding carboxylic acids is 1. The average Bonchev–Trinajstić information content (AvgIpc) is 4.06. The van der Waals surface area contributed by atoms with Crippen LogP contribution >= 0.6 is 11.7 Å². The van der Waals surface area contributed by atoms with E-state index in [4.69, 9.17) is 13.5 Å². The second-order valence-electron chi connectivity index (χ2n) is 17.1. The molecule has 0 fully saturated rings. The number of carbonyl (C=O) groups is 1. The van der Waals surface area contributed by atoms with Gasteiger partial charge in [0.05, 0.1) is 35.6 Å². The third-order valence-electron chi connectivity index (χ3n) is 13.1. The molecule has 0 aliphatic rings. The van der Waals surface area contributed by atoms with Crippen LogP contribution in [0.25, 0.3) is 94.2 Å². The number of benzene rings is 10. The van der Waals surface area contributed by atoms with Crippen molar-refractivity contribution in [2.45, 2.75) is 0 Å². The van der Waals surface area contributed by atoms with Gasteiger partial charge in [-0.1, -0.05) is 146 Å². The van der Waals surface area contributed by atoms with Crippen molar-refractivity contribution >= 4 is 67.9 Å². The number of anilines is 3.